The van der Waals surface area contributed by atoms with E-state index in [-0.39, 0.29) is 0 Å². The molecular formula is C4H10B3F12O-3. The fourth-order valence-electron chi connectivity index (χ4n) is 0.204. The number of ether oxygens (including phenoxy) is 1. The summed E-state index contributed by atoms with van der Waals surface area (Å²) in [5, 5.41) is 0. The van der Waals surface area contributed by atoms with Crippen LogP contribution in [-0.4, -0.2) is 35.0 Å². The van der Waals surface area contributed by atoms with E-state index in [9.17, 15) is 51.8 Å². The van der Waals surface area contributed by atoms with E-state index in [1.165, 1.54) is 0 Å². The second-order valence-corrected chi connectivity index (χ2v) is 2.27. The van der Waals surface area contributed by atoms with Gasteiger partial charge in [-0.25, -0.2) is 0 Å². The number of hydrogen-bond donors (Lipinski definition) is 0. The van der Waals surface area contributed by atoms with Crippen molar-refractivity contribution in [3.63, 3.8) is 0 Å². The Bertz CT molecular complexity index is 138. The highest BCUT2D eigenvalue weighted by Gasteiger charge is 2.21. The van der Waals surface area contributed by atoms with Crippen LogP contribution in [0.4, 0.5) is 51.8 Å². The first-order valence-corrected chi connectivity index (χ1v) is 4.61. The van der Waals surface area contributed by atoms with Crippen molar-refractivity contribution in [3.05, 3.63) is 0 Å². The summed E-state index contributed by atoms with van der Waals surface area (Å²) in [5.41, 5.74) is 0. The molecule has 128 valence electrons. The molecule has 16 heteroatoms. The van der Waals surface area contributed by atoms with E-state index in [2.05, 4.69) is 0 Å². The van der Waals surface area contributed by atoms with Crippen molar-refractivity contribution >= 4 is 21.8 Å². The normalized spacial score (nSPS) is 11.1. The van der Waals surface area contributed by atoms with Crippen LogP contribution in [0.15, 0.2) is 0 Å². The van der Waals surface area contributed by atoms with Crippen LogP contribution in [0.25, 0.3) is 0 Å². The molecule has 0 fully saturated rings. The molecule has 0 aliphatic heterocycles. The van der Waals surface area contributed by atoms with E-state index in [0.717, 1.165) is 13.2 Å². The van der Waals surface area contributed by atoms with Gasteiger partial charge in [-0.05, 0) is 13.8 Å². The lowest BCUT2D eigenvalue weighted by Gasteiger charge is -1.94. The lowest BCUT2D eigenvalue weighted by molar-refractivity contribution is 0.162. The Labute approximate surface area is 107 Å². The first-order chi connectivity index (χ1) is 8.41. The van der Waals surface area contributed by atoms with Crippen molar-refractivity contribution < 1.29 is 56.5 Å². The molecule has 0 unspecified atom stereocenters. The van der Waals surface area contributed by atoms with Crippen LogP contribution >= 0.6 is 0 Å². The fourth-order valence-corrected chi connectivity index (χ4v) is 0.204. The van der Waals surface area contributed by atoms with Gasteiger partial charge in [-0.15, -0.1) is 0 Å². The predicted molar refractivity (Wildman–Crippen MR) is 52.7 cm³/mol. The summed E-state index contributed by atoms with van der Waals surface area (Å²) in [6.45, 7) is 5.67. The smallest absolute Gasteiger partial charge is 0.418 e. The third-order valence-electron chi connectivity index (χ3n) is 0.408. The van der Waals surface area contributed by atoms with E-state index < -0.39 is 21.8 Å². The molecule has 0 heterocycles. The van der Waals surface area contributed by atoms with Crippen molar-refractivity contribution in [1.82, 2.24) is 0 Å². The van der Waals surface area contributed by atoms with Gasteiger partial charge in [-0.3, -0.25) is 0 Å². The topological polar surface area (TPSA) is 9.23 Å². The van der Waals surface area contributed by atoms with E-state index in [1.54, 1.807) is 0 Å². The highest BCUT2D eigenvalue weighted by Crippen LogP contribution is 2.07. The van der Waals surface area contributed by atoms with Crippen LogP contribution in [0, 0.1) is 0 Å². The van der Waals surface area contributed by atoms with E-state index in [4.69, 9.17) is 4.74 Å². The van der Waals surface area contributed by atoms with Gasteiger partial charge in [0, 0.05) is 13.2 Å². The largest absolute Gasteiger partial charge is 0.673 e. The molecule has 0 radical (unpaired) electrons. The molecule has 0 saturated carbocycles. The van der Waals surface area contributed by atoms with Gasteiger partial charge in [0.15, 0.2) is 0 Å². The van der Waals surface area contributed by atoms with Gasteiger partial charge in [0.05, 0.1) is 0 Å². The Morgan fingerprint density at radius 1 is 0.500 bits per heavy atom. The second-order valence-electron chi connectivity index (χ2n) is 2.27. The molecule has 0 bridgehead atoms. The van der Waals surface area contributed by atoms with Crippen LogP contribution in [-0.2, 0) is 4.74 Å². The zero-order valence-corrected chi connectivity index (χ0v) is 10.1. The van der Waals surface area contributed by atoms with Gasteiger partial charge in [-0.1, -0.05) is 0 Å². The summed E-state index contributed by atoms with van der Waals surface area (Å²) in [6.07, 6.45) is 0. The zero-order valence-electron chi connectivity index (χ0n) is 10.1. The molecule has 0 saturated heterocycles. The van der Waals surface area contributed by atoms with Gasteiger partial charge in [0.25, 0.3) is 0 Å². The molecule has 0 N–H and O–H groups in total. The maximum Gasteiger partial charge on any atom is 0.673 e. The minimum absolute atomic E-state index is 0.844. The SMILES string of the molecule is CCOCC.F[B-](F)(F)F.F[B-](F)(F)F.F[B-](F)(F)F. The molecule has 0 amide bonds. The molecule has 1 nitrogen and oxygen atoms in total. The Morgan fingerprint density at radius 3 is 0.600 bits per heavy atom. The van der Waals surface area contributed by atoms with E-state index >= 15 is 0 Å². The third kappa shape index (κ3) is 2670. The molecule has 0 aromatic heterocycles. The zero-order chi connectivity index (χ0) is 17.6. The van der Waals surface area contributed by atoms with Crippen LogP contribution < -0.4 is 0 Å². The summed E-state index contributed by atoms with van der Waals surface area (Å²) in [5.74, 6) is 0. The number of halogens is 12. The summed E-state index contributed by atoms with van der Waals surface area (Å²) < 4.78 is 122. The first kappa shape index (κ1) is 27.6. The maximum absolute atomic E-state index is 9.75. The molecule has 20 heavy (non-hydrogen) atoms. The minimum Gasteiger partial charge on any atom is -0.418 e. The quantitative estimate of drug-likeness (QED) is 0.513. The average Bonchev–Trinajstić information content (AvgIpc) is 1.94. The van der Waals surface area contributed by atoms with Crippen molar-refractivity contribution in [3.8, 4) is 0 Å². The minimum atomic E-state index is -6.00. The Hall–Kier alpha value is -0.685. The van der Waals surface area contributed by atoms with Crippen molar-refractivity contribution in [1.29, 1.82) is 0 Å². The molecule has 0 aliphatic rings. The van der Waals surface area contributed by atoms with Crippen LogP contribution in [0.2, 0.25) is 0 Å². The monoisotopic (exact) mass is 335 g/mol. The van der Waals surface area contributed by atoms with Gasteiger partial charge >= 0.3 is 21.8 Å². The summed E-state index contributed by atoms with van der Waals surface area (Å²) in [6, 6.07) is 0. The van der Waals surface area contributed by atoms with Gasteiger partial charge in [0.1, 0.15) is 0 Å². The van der Waals surface area contributed by atoms with Crippen LogP contribution in [0.3, 0.4) is 0 Å². The van der Waals surface area contributed by atoms with Gasteiger partial charge in [-0.2, -0.15) is 0 Å². The van der Waals surface area contributed by atoms with E-state index in [1.807, 2.05) is 13.8 Å². The van der Waals surface area contributed by atoms with Gasteiger partial charge < -0.3 is 56.5 Å². The first-order valence-electron chi connectivity index (χ1n) is 4.61. The average molecular weight is 335 g/mol. The number of rotatable bonds is 2. The lowest BCUT2D eigenvalue weighted by Crippen LogP contribution is -2.02. The van der Waals surface area contributed by atoms with Crippen molar-refractivity contribution in [2.45, 2.75) is 13.8 Å². The molecule has 0 rings (SSSR count). The highest BCUT2D eigenvalue weighted by molar-refractivity contribution is 6.50. The predicted octanol–water partition coefficient (Wildman–Crippen LogP) is 4.94. The Morgan fingerprint density at radius 2 is 0.600 bits per heavy atom. The van der Waals surface area contributed by atoms with Crippen LogP contribution in [0.1, 0.15) is 13.8 Å². The highest BCUT2D eigenvalue weighted by atomic mass is 19.5. The standard InChI is InChI=1S/C4H10O.3BF4/c1-3-5-4-2;3*2-1(3,4)5/h3-4H2,1-2H3;;;/q;3*-1. The maximum atomic E-state index is 9.75. The molecule has 0 aromatic rings. The van der Waals surface area contributed by atoms with E-state index in [0.29, 0.717) is 0 Å². The Balaban J connectivity index is -0.0000000853. The molecule has 0 aliphatic carbocycles. The van der Waals surface area contributed by atoms with Crippen molar-refractivity contribution in [2.75, 3.05) is 13.2 Å². The fraction of sp³-hybridized carbons (Fsp3) is 1.00. The molecular weight excluding hydrogens is 324 g/mol. The summed E-state index contributed by atoms with van der Waals surface area (Å²) in [7, 11) is -18.0. The summed E-state index contributed by atoms with van der Waals surface area (Å²) in [4.78, 5) is 0. The van der Waals surface area contributed by atoms with Crippen LogP contribution in [0.5, 0.6) is 0 Å². The molecule has 0 spiro atoms. The molecule has 0 aromatic carbocycles. The lowest BCUT2D eigenvalue weighted by atomic mass is 10.3. The second kappa shape index (κ2) is 13.3. The Kier molecular flexibility index (Phi) is 18.4. The number of hydrogen-bond acceptors (Lipinski definition) is 1. The summed E-state index contributed by atoms with van der Waals surface area (Å²) >= 11 is 0. The molecule has 0 atom stereocenters. The van der Waals surface area contributed by atoms with Gasteiger partial charge in [0.2, 0.25) is 0 Å². The van der Waals surface area contributed by atoms with Crippen molar-refractivity contribution in [2.24, 2.45) is 0 Å². The third-order valence-corrected chi connectivity index (χ3v) is 0.408.